The fourth-order valence-corrected chi connectivity index (χ4v) is 4.41. The molecule has 0 N–H and O–H groups in total. The van der Waals surface area contributed by atoms with Crippen LogP contribution in [0.15, 0.2) is 30.3 Å². The van der Waals surface area contributed by atoms with E-state index in [9.17, 15) is 9.59 Å². The van der Waals surface area contributed by atoms with Crippen LogP contribution < -0.4 is 0 Å². The van der Waals surface area contributed by atoms with Crippen LogP contribution in [0.1, 0.15) is 52.6 Å². The molecule has 3 heterocycles. The number of nitrogens with zero attached hydrogens (tertiary/aromatic N) is 5. The van der Waals surface area contributed by atoms with E-state index < -0.39 is 0 Å². The molecule has 1 aromatic heterocycles. The van der Waals surface area contributed by atoms with E-state index in [0.29, 0.717) is 19.5 Å². The molecule has 154 valence electrons. The summed E-state index contributed by atoms with van der Waals surface area (Å²) in [5.41, 5.74) is 3.93. The summed E-state index contributed by atoms with van der Waals surface area (Å²) in [6, 6.07) is 9.85. The van der Waals surface area contributed by atoms with Crippen molar-refractivity contribution in [2.75, 3.05) is 27.2 Å². The Kier molecular flexibility index (Phi) is 5.41. The molecule has 2 aliphatic heterocycles. The molecule has 4 rings (SSSR count). The predicted molar refractivity (Wildman–Crippen MR) is 110 cm³/mol. The Labute approximate surface area is 171 Å². The van der Waals surface area contributed by atoms with Gasteiger partial charge in [0.25, 0.3) is 5.91 Å². The Bertz CT molecular complexity index is 920. The Morgan fingerprint density at radius 1 is 1.28 bits per heavy atom. The van der Waals surface area contributed by atoms with Gasteiger partial charge in [-0.25, -0.2) is 0 Å². The van der Waals surface area contributed by atoms with E-state index >= 15 is 0 Å². The molecule has 0 spiro atoms. The Hall–Kier alpha value is -2.67. The number of carbonyl (C=O) groups is 2. The van der Waals surface area contributed by atoms with Gasteiger partial charge in [0.05, 0.1) is 17.4 Å². The van der Waals surface area contributed by atoms with Crippen LogP contribution in [0.4, 0.5) is 0 Å². The Balaban J connectivity index is 1.39. The number of rotatable bonds is 6. The molecule has 7 heteroatoms. The van der Waals surface area contributed by atoms with Gasteiger partial charge in [0.15, 0.2) is 0 Å². The van der Waals surface area contributed by atoms with Crippen LogP contribution in [0.5, 0.6) is 0 Å². The third-order valence-corrected chi connectivity index (χ3v) is 5.88. The Morgan fingerprint density at radius 3 is 2.83 bits per heavy atom. The highest BCUT2D eigenvalue weighted by atomic mass is 16.2. The molecular weight excluding hydrogens is 366 g/mol. The van der Waals surface area contributed by atoms with Crippen molar-refractivity contribution in [2.24, 2.45) is 7.05 Å². The molecule has 0 radical (unpaired) electrons. The summed E-state index contributed by atoms with van der Waals surface area (Å²) in [6.07, 6.45) is 2.29. The number of hydrogen-bond acceptors (Lipinski definition) is 4. The molecule has 2 aliphatic rings. The molecule has 0 bridgehead atoms. The van der Waals surface area contributed by atoms with Crippen molar-refractivity contribution >= 4 is 11.8 Å². The first-order valence-corrected chi connectivity index (χ1v) is 10.3. The van der Waals surface area contributed by atoms with E-state index in [4.69, 9.17) is 0 Å². The zero-order chi connectivity index (χ0) is 20.5. The molecular formula is C22H29N5O2. The van der Waals surface area contributed by atoms with Crippen LogP contribution in [0.3, 0.4) is 0 Å². The number of aryl methyl sites for hydroxylation is 1. The van der Waals surface area contributed by atoms with Crippen molar-refractivity contribution in [1.29, 1.82) is 0 Å². The third kappa shape index (κ3) is 3.92. The average Bonchev–Trinajstić information content (AvgIpc) is 3.38. The molecule has 0 unspecified atom stereocenters. The zero-order valence-electron chi connectivity index (χ0n) is 17.5. The number of benzene rings is 1. The van der Waals surface area contributed by atoms with Crippen molar-refractivity contribution < 1.29 is 9.59 Å². The maximum Gasteiger partial charge on any atom is 0.254 e. The third-order valence-electron chi connectivity index (χ3n) is 5.88. The summed E-state index contributed by atoms with van der Waals surface area (Å²) in [5, 5.41) is 4.69. The maximum atomic E-state index is 13.0. The van der Waals surface area contributed by atoms with E-state index in [2.05, 4.69) is 16.1 Å². The molecule has 2 amide bonds. The summed E-state index contributed by atoms with van der Waals surface area (Å²) in [5.74, 6) is 0.139. The van der Waals surface area contributed by atoms with E-state index in [0.717, 1.165) is 48.4 Å². The van der Waals surface area contributed by atoms with Gasteiger partial charge in [-0.2, -0.15) is 5.10 Å². The monoisotopic (exact) mass is 395 g/mol. The number of hydrogen-bond donors (Lipinski definition) is 0. The predicted octanol–water partition coefficient (Wildman–Crippen LogP) is 2.19. The second-order valence-electron chi connectivity index (χ2n) is 8.30. The minimum atomic E-state index is 0.0319. The number of carbonyl (C=O) groups excluding carboxylic acids is 2. The highest BCUT2D eigenvalue weighted by Crippen LogP contribution is 2.32. The lowest BCUT2D eigenvalue weighted by Crippen LogP contribution is -2.34. The molecule has 2 aromatic rings. The fraction of sp³-hybridized carbons (Fsp3) is 0.500. The lowest BCUT2D eigenvalue weighted by molar-refractivity contribution is -0.132. The summed E-state index contributed by atoms with van der Waals surface area (Å²) in [4.78, 5) is 31.4. The summed E-state index contributed by atoms with van der Waals surface area (Å²) in [6.45, 7) is 2.64. The number of aromatic nitrogens is 2. The molecule has 1 atom stereocenters. The second-order valence-corrected chi connectivity index (χ2v) is 8.30. The normalized spacial score (nSPS) is 18.8. The zero-order valence-corrected chi connectivity index (χ0v) is 17.5. The topological polar surface area (TPSA) is 61.7 Å². The van der Waals surface area contributed by atoms with Gasteiger partial charge in [-0.05, 0) is 44.6 Å². The maximum absolute atomic E-state index is 13.0. The minimum absolute atomic E-state index is 0.0319. The molecule has 1 saturated heterocycles. The first-order chi connectivity index (χ1) is 13.9. The van der Waals surface area contributed by atoms with Crippen molar-refractivity contribution in [1.82, 2.24) is 24.5 Å². The largest absolute Gasteiger partial charge is 0.334 e. The first-order valence-electron chi connectivity index (χ1n) is 10.3. The Morgan fingerprint density at radius 2 is 2.07 bits per heavy atom. The summed E-state index contributed by atoms with van der Waals surface area (Å²) >= 11 is 0. The van der Waals surface area contributed by atoms with Crippen molar-refractivity contribution in [3.8, 4) is 0 Å². The van der Waals surface area contributed by atoms with Gasteiger partial charge in [-0.1, -0.05) is 18.2 Å². The smallest absolute Gasteiger partial charge is 0.254 e. The quantitative estimate of drug-likeness (QED) is 0.752. The first kappa shape index (κ1) is 19.6. The van der Waals surface area contributed by atoms with Gasteiger partial charge >= 0.3 is 0 Å². The van der Waals surface area contributed by atoms with E-state index in [1.54, 1.807) is 4.90 Å². The molecule has 29 heavy (non-hydrogen) atoms. The summed E-state index contributed by atoms with van der Waals surface area (Å²) in [7, 11) is 6.03. The van der Waals surface area contributed by atoms with Gasteiger partial charge < -0.3 is 14.7 Å². The van der Waals surface area contributed by atoms with Gasteiger partial charge in [0.2, 0.25) is 5.91 Å². The van der Waals surface area contributed by atoms with E-state index in [-0.39, 0.29) is 17.9 Å². The van der Waals surface area contributed by atoms with Crippen molar-refractivity contribution in [3.05, 3.63) is 52.8 Å². The number of fused-ring (bicyclic) bond motifs is 1. The average molecular weight is 396 g/mol. The van der Waals surface area contributed by atoms with Crippen LogP contribution in [0.25, 0.3) is 0 Å². The van der Waals surface area contributed by atoms with Crippen LogP contribution in [0, 0.1) is 0 Å². The highest BCUT2D eigenvalue weighted by Gasteiger charge is 2.33. The lowest BCUT2D eigenvalue weighted by atomic mass is 10.1. The van der Waals surface area contributed by atoms with Crippen molar-refractivity contribution in [3.63, 3.8) is 0 Å². The fourth-order valence-electron chi connectivity index (χ4n) is 4.41. The van der Waals surface area contributed by atoms with Gasteiger partial charge in [0.1, 0.15) is 0 Å². The van der Waals surface area contributed by atoms with Crippen LogP contribution >= 0.6 is 0 Å². The van der Waals surface area contributed by atoms with E-state index in [1.165, 1.54) is 0 Å². The lowest BCUT2D eigenvalue weighted by Gasteiger charge is -2.24. The molecule has 1 fully saturated rings. The van der Waals surface area contributed by atoms with Gasteiger partial charge in [0, 0.05) is 45.2 Å². The highest BCUT2D eigenvalue weighted by molar-refractivity contribution is 5.98. The molecule has 0 saturated carbocycles. The van der Waals surface area contributed by atoms with Crippen molar-refractivity contribution in [2.45, 2.75) is 38.4 Å². The minimum Gasteiger partial charge on any atom is -0.334 e. The molecule has 0 aliphatic carbocycles. The van der Waals surface area contributed by atoms with E-state index in [1.807, 2.05) is 55.0 Å². The van der Waals surface area contributed by atoms with Crippen LogP contribution in [-0.4, -0.2) is 63.5 Å². The number of likely N-dealkylation sites (tertiary alicyclic amines) is 1. The second kappa shape index (κ2) is 7.99. The van der Waals surface area contributed by atoms with Gasteiger partial charge in [-0.3, -0.25) is 14.3 Å². The molecule has 7 nitrogen and oxygen atoms in total. The SMILES string of the molecule is CN(C)Cc1cc([C@@H]2CCCN2C(=O)CCN2Cc3ccccc3C2=O)nn1C. The molecule has 1 aromatic carbocycles. The van der Waals surface area contributed by atoms with Crippen LogP contribution in [0.2, 0.25) is 0 Å². The summed E-state index contributed by atoms with van der Waals surface area (Å²) < 4.78 is 1.91. The number of amides is 2. The van der Waals surface area contributed by atoms with Gasteiger partial charge in [-0.15, -0.1) is 0 Å². The standard InChI is InChI=1S/C22H29N5O2/c1-24(2)15-17-13-19(23-25(17)3)20-9-6-11-27(20)21(28)10-12-26-14-16-7-4-5-8-18(16)22(26)29/h4-5,7-8,13,20H,6,9-12,14-15H2,1-3H3/t20-/m0/s1. The van der Waals surface area contributed by atoms with Crippen LogP contribution in [-0.2, 0) is 24.9 Å².